The number of halogens is 1. The van der Waals surface area contributed by atoms with Gasteiger partial charge in [0.1, 0.15) is 5.78 Å². The number of carbonyl (C=O) groups is 1. The second-order valence-corrected chi connectivity index (χ2v) is 5.80. The highest BCUT2D eigenvalue weighted by atomic mass is 35.5. The number of nitrogens with zero attached hydrogens (tertiary/aromatic N) is 2. The summed E-state index contributed by atoms with van der Waals surface area (Å²) in [5, 5.41) is 5.02. The maximum absolute atomic E-state index is 12.0. The molecule has 4 heteroatoms. The molecule has 0 spiro atoms. The summed E-state index contributed by atoms with van der Waals surface area (Å²) in [7, 11) is 1.86. The van der Waals surface area contributed by atoms with E-state index in [0.717, 1.165) is 30.7 Å². The summed E-state index contributed by atoms with van der Waals surface area (Å²) in [6.07, 6.45) is 9.14. The van der Waals surface area contributed by atoms with E-state index in [0.29, 0.717) is 17.9 Å². The van der Waals surface area contributed by atoms with Gasteiger partial charge in [-0.25, -0.2) is 0 Å². The summed E-state index contributed by atoms with van der Waals surface area (Å²) in [6.45, 7) is 4.24. The van der Waals surface area contributed by atoms with Gasteiger partial charge < -0.3 is 0 Å². The monoisotopic (exact) mass is 298 g/mol. The lowest BCUT2D eigenvalue weighted by atomic mass is 10.1. The van der Waals surface area contributed by atoms with Crippen LogP contribution >= 0.6 is 11.6 Å². The lowest BCUT2D eigenvalue weighted by molar-refractivity contribution is -0.118. The molecule has 3 nitrogen and oxygen atoms in total. The summed E-state index contributed by atoms with van der Waals surface area (Å²) in [5.41, 5.74) is 1.75. The van der Waals surface area contributed by atoms with Crippen LogP contribution in [-0.2, 0) is 24.7 Å². The van der Waals surface area contributed by atoms with Crippen molar-refractivity contribution >= 4 is 17.4 Å². The lowest BCUT2D eigenvalue weighted by Crippen LogP contribution is -2.07. The van der Waals surface area contributed by atoms with Crippen molar-refractivity contribution in [1.82, 2.24) is 9.78 Å². The first-order valence-corrected chi connectivity index (χ1v) is 8.19. The van der Waals surface area contributed by atoms with Crippen LogP contribution in [0, 0.1) is 0 Å². The Morgan fingerprint density at radius 3 is 2.40 bits per heavy atom. The number of unbranched alkanes of at least 4 members (excludes halogenated alkanes) is 5. The van der Waals surface area contributed by atoms with Crippen molar-refractivity contribution in [2.75, 3.05) is 0 Å². The molecule has 0 aromatic carbocycles. The number of aryl methyl sites for hydroxylation is 2. The number of Topliss-reactive ketones (excluding diaryl/α,β-unsaturated/α-hetero) is 1. The average Bonchev–Trinajstić information content (AvgIpc) is 2.70. The van der Waals surface area contributed by atoms with Gasteiger partial charge in [0, 0.05) is 19.9 Å². The van der Waals surface area contributed by atoms with Crippen LogP contribution in [0.3, 0.4) is 0 Å². The zero-order chi connectivity index (χ0) is 15.0. The summed E-state index contributed by atoms with van der Waals surface area (Å²) >= 11 is 6.26. The highest BCUT2D eigenvalue weighted by Crippen LogP contribution is 2.22. The minimum absolute atomic E-state index is 0.271. The van der Waals surface area contributed by atoms with Crippen molar-refractivity contribution in [3.63, 3.8) is 0 Å². The van der Waals surface area contributed by atoms with Crippen LogP contribution in [0.4, 0.5) is 0 Å². The molecule has 1 aromatic heterocycles. The summed E-state index contributed by atoms with van der Waals surface area (Å²) in [4.78, 5) is 12.0. The number of rotatable bonds is 10. The van der Waals surface area contributed by atoms with Crippen molar-refractivity contribution in [2.24, 2.45) is 7.05 Å². The Morgan fingerprint density at radius 1 is 1.15 bits per heavy atom. The molecule has 0 amide bonds. The molecule has 0 bridgehead atoms. The highest BCUT2D eigenvalue weighted by Gasteiger charge is 2.15. The minimum Gasteiger partial charge on any atom is -0.299 e. The van der Waals surface area contributed by atoms with Gasteiger partial charge in [-0.1, -0.05) is 57.6 Å². The third kappa shape index (κ3) is 5.28. The molecule has 1 aromatic rings. The molecule has 0 fully saturated rings. The van der Waals surface area contributed by atoms with Crippen molar-refractivity contribution in [1.29, 1.82) is 0 Å². The zero-order valence-corrected chi connectivity index (χ0v) is 13.8. The quantitative estimate of drug-likeness (QED) is 0.596. The molecule has 1 rings (SSSR count). The molecule has 0 N–H and O–H groups in total. The van der Waals surface area contributed by atoms with Gasteiger partial charge in [0.15, 0.2) is 0 Å². The highest BCUT2D eigenvalue weighted by molar-refractivity contribution is 6.32. The zero-order valence-electron chi connectivity index (χ0n) is 13.0. The minimum atomic E-state index is 0.271. The Kier molecular flexibility index (Phi) is 7.90. The van der Waals surface area contributed by atoms with Crippen LogP contribution in [0.2, 0.25) is 5.02 Å². The van der Waals surface area contributed by atoms with Crippen LogP contribution in [-0.4, -0.2) is 15.6 Å². The van der Waals surface area contributed by atoms with E-state index in [1.807, 2.05) is 14.0 Å². The van der Waals surface area contributed by atoms with E-state index >= 15 is 0 Å². The van der Waals surface area contributed by atoms with Gasteiger partial charge in [-0.2, -0.15) is 5.10 Å². The molecule has 0 atom stereocenters. The summed E-state index contributed by atoms with van der Waals surface area (Å²) in [5.74, 6) is 0.271. The van der Waals surface area contributed by atoms with Crippen LogP contribution in [0.25, 0.3) is 0 Å². The van der Waals surface area contributed by atoms with Crippen LogP contribution in [0.5, 0.6) is 0 Å². The Morgan fingerprint density at radius 2 is 1.80 bits per heavy atom. The molecular formula is C16H27ClN2O. The van der Waals surface area contributed by atoms with Gasteiger partial charge >= 0.3 is 0 Å². The van der Waals surface area contributed by atoms with Gasteiger partial charge in [0.25, 0.3) is 0 Å². The fourth-order valence-corrected chi connectivity index (χ4v) is 2.75. The number of aromatic nitrogens is 2. The third-order valence-electron chi connectivity index (χ3n) is 3.68. The van der Waals surface area contributed by atoms with E-state index in [1.54, 1.807) is 4.68 Å². The van der Waals surface area contributed by atoms with E-state index < -0.39 is 0 Å². The first-order valence-electron chi connectivity index (χ1n) is 7.82. The predicted molar refractivity (Wildman–Crippen MR) is 84.3 cm³/mol. The molecule has 0 aliphatic rings. The summed E-state index contributed by atoms with van der Waals surface area (Å²) in [6, 6.07) is 0. The molecule has 1 heterocycles. The average molecular weight is 299 g/mol. The Labute approximate surface area is 127 Å². The third-order valence-corrected chi connectivity index (χ3v) is 4.11. The van der Waals surface area contributed by atoms with E-state index in [4.69, 9.17) is 11.6 Å². The van der Waals surface area contributed by atoms with E-state index in [9.17, 15) is 4.79 Å². The van der Waals surface area contributed by atoms with E-state index in [1.165, 1.54) is 25.7 Å². The maximum atomic E-state index is 12.0. The molecule has 0 unspecified atom stereocenters. The van der Waals surface area contributed by atoms with Gasteiger partial charge in [-0.15, -0.1) is 0 Å². The van der Waals surface area contributed by atoms with Crippen molar-refractivity contribution < 1.29 is 4.79 Å². The largest absolute Gasteiger partial charge is 0.299 e. The first-order chi connectivity index (χ1) is 9.60. The van der Waals surface area contributed by atoms with Crippen LogP contribution in [0.15, 0.2) is 0 Å². The number of ketones is 1. The molecular weight excluding hydrogens is 272 g/mol. The molecule has 0 aliphatic carbocycles. The van der Waals surface area contributed by atoms with Gasteiger partial charge in [0.05, 0.1) is 16.4 Å². The second kappa shape index (κ2) is 9.17. The second-order valence-electron chi connectivity index (χ2n) is 5.42. The molecule has 0 radical (unpaired) electrons. The molecule has 0 saturated carbocycles. The Hall–Kier alpha value is -0.830. The maximum Gasteiger partial charge on any atom is 0.138 e. The van der Waals surface area contributed by atoms with Crippen LogP contribution < -0.4 is 0 Å². The van der Waals surface area contributed by atoms with Crippen LogP contribution in [0.1, 0.15) is 70.2 Å². The fourth-order valence-electron chi connectivity index (χ4n) is 2.39. The van der Waals surface area contributed by atoms with Crippen molar-refractivity contribution in [2.45, 2.75) is 71.6 Å². The lowest BCUT2D eigenvalue weighted by Gasteiger charge is -2.03. The molecule has 0 saturated heterocycles. The molecule has 114 valence electrons. The smallest absolute Gasteiger partial charge is 0.138 e. The predicted octanol–water partition coefficient (Wildman–Crippen LogP) is 4.50. The first kappa shape index (κ1) is 17.2. The number of carbonyl (C=O) groups excluding carboxylic acids is 1. The molecule has 0 aliphatic heterocycles. The van der Waals surface area contributed by atoms with Gasteiger partial charge in [-0.3, -0.25) is 9.48 Å². The standard InChI is InChI=1S/C16H27ClN2O/c1-4-6-7-8-9-10-11-13(20)12-15-16(17)14(5-2)18-19(15)3/h4-12H2,1-3H3. The Bertz CT molecular complexity index is 426. The topological polar surface area (TPSA) is 34.9 Å². The SMILES string of the molecule is CCCCCCCCC(=O)Cc1c(Cl)c(CC)nn1C. The van der Waals surface area contributed by atoms with Gasteiger partial charge in [0.2, 0.25) is 0 Å². The summed E-state index contributed by atoms with van der Waals surface area (Å²) < 4.78 is 1.75. The van der Waals surface area contributed by atoms with Crippen molar-refractivity contribution in [3.05, 3.63) is 16.4 Å². The Balaban J connectivity index is 2.34. The number of hydrogen-bond donors (Lipinski definition) is 0. The molecule has 20 heavy (non-hydrogen) atoms. The normalized spacial score (nSPS) is 11.0. The van der Waals surface area contributed by atoms with Crippen molar-refractivity contribution in [3.8, 4) is 0 Å². The van der Waals surface area contributed by atoms with Gasteiger partial charge in [-0.05, 0) is 12.8 Å². The fraction of sp³-hybridized carbons (Fsp3) is 0.750. The van der Waals surface area contributed by atoms with E-state index in [-0.39, 0.29) is 5.78 Å². The van der Waals surface area contributed by atoms with E-state index in [2.05, 4.69) is 12.0 Å². The number of hydrogen-bond acceptors (Lipinski definition) is 2.